The van der Waals surface area contributed by atoms with Crippen LogP contribution in [0.1, 0.15) is 0 Å². The summed E-state index contributed by atoms with van der Waals surface area (Å²) in [6, 6.07) is 4.54. The number of nitrogens with zero attached hydrogens (tertiary/aromatic N) is 2. The van der Waals surface area contributed by atoms with Crippen molar-refractivity contribution in [3.8, 4) is 5.75 Å². The molecule has 2 N–H and O–H groups in total. The summed E-state index contributed by atoms with van der Waals surface area (Å²) in [7, 11) is 1.41. The molecule has 0 unspecified atom stereocenters. The Morgan fingerprint density at radius 3 is 2.88 bits per heavy atom. The minimum atomic E-state index is -0.475. The van der Waals surface area contributed by atoms with Gasteiger partial charge in [-0.1, -0.05) is 11.8 Å². The highest BCUT2D eigenvalue weighted by atomic mass is 32.2. The maximum atomic E-state index is 13.3. The fourth-order valence-electron chi connectivity index (χ4n) is 1.25. The van der Waals surface area contributed by atoms with Gasteiger partial charge < -0.3 is 10.5 Å². The van der Waals surface area contributed by atoms with Gasteiger partial charge in [0.1, 0.15) is 11.4 Å². The number of ether oxygens (including phenoxy) is 1. The van der Waals surface area contributed by atoms with Gasteiger partial charge in [-0.25, -0.2) is 14.4 Å². The summed E-state index contributed by atoms with van der Waals surface area (Å²) in [6.07, 6.45) is 3.07. The van der Waals surface area contributed by atoms with E-state index in [1.807, 2.05) is 0 Å². The van der Waals surface area contributed by atoms with E-state index in [-0.39, 0.29) is 5.75 Å². The van der Waals surface area contributed by atoms with Gasteiger partial charge in [0.05, 0.1) is 7.11 Å². The first kappa shape index (κ1) is 11.7. The van der Waals surface area contributed by atoms with Crippen LogP contribution in [-0.2, 0) is 0 Å². The number of hydrogen-bond acceptors (Lipinski definition) is 5. The lowest BCUT2D eigenvalue weighted by atomic mass is 10.3. The van der Waals surface area contributed by atoms with Crippen molar-refractivity contribution in [1.29, 1.82) is 0 Å². The number of methoxy groups -OCH3 is 1. The summed E-state index contributed by atoms with van der Waals surface area (Å²) in [5, 5.41) is 0.736. The van der Waals surface area contributed by atoms with Crippen molar-refractivity contribution in [2.24, 2.45) is 0 Å². The second-order valence-electron chi connectivity index (χ2n) is 3.17. The Kier molecular flexibility index (Phi) is 3.43. The van der Waals surface area contributed by atoms with Gasteiger partial charge in [0.2, 0.25) is 0 Å². The summed E-state index contributed by atoms with van der Waals surface area (Å²) in [5.41, 5.74) is 6.09. The van der Waals surface area contributed by atoms with Gasteiger partial charge in [0, 0.05) is 22.8 Å². The molecule has 0 aliphatic rings. The number of nitrogen functional groups attached to an aromatic ring is 1. The van der Waals surface area contributed by atoms with Crippen LogP contribution in [-0.4, -0.2) is 17.1 Å². The highest BCUT2D eigenvalue weighted by Crippen LogP contribution is 2.34. The number of halogens is 1. The number of benzene rings is 1. The quantitative estimate of drug-likeness (QED) is 0.670. The predicted molar refractivity (Wildman–Crippen MR) is 63.5 cm³/mol. The Bertz CT molecular complexity index is 522. The van der Waals surface area contributed by atoms with E-state index in [1.165, 1.54) is 31.3 Å². The number of anilines is 1. The van der Waals surface area contributed by atoms with Gasteiger partial charge >= 0.3 is 0 Å². The van der Waals surface area contributed by atoms with E-state index in [2.05, 4.69) is 9.97 Å². The van der Waals surface area contributed by atoms with Gasteiger partial charge in [0.25, 0.3) is 0 Å². The minimum Gasteiger partial charge on any atom is -0.494 e. The molecule has 17 heavy (non-hydrogen) atoms. The van der Waals surface area contributed by atoms with E-state index in [0.29, 0.717) is 10.6 Å². The molecular weight excluding hydrogens is 241 g/mol. The van der Waals surface area contributed by atoms with Crippen molar-refractivity contribution >= 4 is 17.4 Å². The molecule has 88 valence electrons. The summed E-state index contributed by atoms with van der Waals surface area (Å²) in [5.74, 6) is -0.312. The first-order valence-electron chi connectivity index (χ1n) is 4.77. The lowest BCUT2D eigenvalue weighted by Crippen LogP contribution is -1.94. The van der Waals surface area contributed by atoms with Crippen LogP contribution in [0.5, 0.6) is 5.75 Å². The molecule has 0 atom stereocenters. The Morgan fingerprint density at radius 1 is 1.41 bits per heavy atom. The molecule has 1 aromatic carbocycles. The van der Waals surface area contributed by atoms with Crippen LogP contribution in [0.25, 0.3) is 0 Å². The second-order valence-corrected chi connectivity index (χ2v) is 4.24. The molecule has 6 heteroatoms. The predicted octanol–water partition coefficient (Wildman–Crippen LogP) is 2.36. The van der Waals surface area contributed by atoms with E-state index >= 15 is 0 Å². The molecule has 0 fully saturated rings. The summed E-state index contributed by atoms with van der Waals surface area (Å²) in [6.45, 7) is 0. The molecule has 4 nitrogen and oxygen atoms in total. The van der Waals surface area contributed by atoms with Gasteiger partial charge in [-0.15, -0.1) is 0 Å². The molecule has 2 aromatic rings. The molecule has 1 aromatic heterocycles. The molecule has 0 aliphatic carbocycles. The second kappa shape index (κ2) is 5.01. The molecule has 0 bridgehead atoms. The SMILES string of the molecule is COc1cc(Sc2ccncn2)c(N)cc1F. The highest BCUT2D eigenvalue weighted by molar-refractivity contribution is 7.99. The third-order valence-electron chi connectivity index (χ3n) is 2.05. The topological polar surface area (TPSA) is 61.0 Å². The average Bonchev–Trinajstić information content (AvgIpc) is 2.34. The third-order valence-corrected chi connectivity index (χ3v) is 3.08. The standard InChI is InChI=1S/C11H10FN3OS/c1-16-9-5-10(8(13)4-7(9)12)17-11-2-3-14-6-15-11/h2-6H,13H2,1H3. The van der Waals surface area contributed by atoms with Crippen LogP contribution in [0, 0.1) is 5.82 Å². The van der Waals surface area contributed by atoms with Gasteiger partial charge in [-0.3, -0.25) is 0 Å². The van der Waals surface area contributed by atoms with Crippen molar-refractivity contribution in [3.63, 3.8) is 0 Å². The molecule has 0 radical (unpaired) electrons. The van der Waals surface area contributed by atoms with Crippen molar-refractivity contribution in [2.75, 3.05) is 12.8 Å². The monoisotopic (exact) mass is 251 g/mol. The van der Waals surface area contributed by atoms with Crippen LogP contribution in [0.4, 0.5) is 10.1 Å². The zero-order valence-corrected chi connectivity index (χ0v) is 9.87. The lowest BCUT2D eigenvalue weighted by molar-refractivity contribution is 0.385. The molecule has 0 aliphatic heterocycles. The Morgan fingerprint density at radius 2 is 2.24 bits per heavy atom. The summed E-state index contributed by atoms with van der Waals surface area (Å²) >= 11 is 1.33. The minimum absolute atomic E-state index is 0.163. The van der Waals surface area contributed by atoms with Crippen LogP contribution in [0.2, 0.25) is 0 Å². The molecule has 0 amide bonds. The van der Waals surface area contributed by atoms with E-state index in [1.54, 1.807) is 18.3 Å². The first-order valence-corrected chi connectivity index (χ1v) is 5.59. The molecular formula is C11H10FN3OS. The van der Waals surface area contributed by atoms with Crippen LogP contribution in [0.3, 0.4) is 0 Å². The zero-order chi connectivity index (χ0) is 12.3. The van der Waals surface area contributed by atoms with E-state index in [0.717, 1.165) is 5.03 Å². The van der Waals surface area contributed by atoms with Gasteiger partial charge in [-0.05, 0) is 12.1 Å². The molecule has 2 rings (SSSR count). The smallest absolute Gasteiger partial charge is 0.167 e. The number of hydrogen-bond donors (Lipinski definition) is 1. The normalized spacial score (nSPS) is 10.2. The van der Waals surface area contributed by atoms with E-state index in [4.69, 9.17) is 10.5 Å². The average molecular weight is 251 g/mol. The van der Waals surface area contributed by atoms with Gasteiger partial charge in [-0.2, -0.15) is 0 Å². The zero-order valence-electron chi connectivity index (χ0n) is 9.05. The summed E-state index contributed by atoms with van der Waals surface area (Å²) in [4.78, 5) is 8.57. The molecule has 1 heterocycles. The maximum absolute atomic E-state index is 13.3. The van der Waals surface area contributed by atoms with Crippen LogP contribution >= 0.6 is 11.8 Å². The van der Waals surface area contributed by atoms with Crippen LogP contribution in [0.15, 0.2) is 40.6 Å². The fraction of sp³-hybridized carbons (Fsp3) is 0.0909. The Labute approximate surface area is 102 Å². The largest absolute Gasteiger partial charge is 0.494 e. The van der Waals surface area contributed by atoms with Crippen molar-refractivity contribution in [3.05, 3.63) is 36.5 Å². The molecule has 0 spiro atoms. The van der Waals surface area contributed by atoms with Crippen molar-refractivity contribution in [2.45, 2.75) is 9.92 Å². The number of aromatic nitrogens is 2. The van der Waals surface area contributed by atoms with Crippen molar-refractivity contribution in [1.82, 2.24) is 9.97 Å². The molecule has 0 saturated carbocycles. The van der Waals surface area contributed by atoms with Crippen molar-refractivity contribution < 1.29 is 9.13 Å². The highest BCUT2D eigenvalue weighted by Gasteiger charge is 2.09. The lowest BCUT2D eigenvalue weighted by Gasteiger charge is -2.08. The van der Waals surface area contributed by atoms with Gasteiger partial charge in [0.15, 0.2) is 11.6 Å². The maximum Gasteiger partial charge on any atom is 0.167 e. The van der Waals surface area contributed by atoms with E-state index < -0.39 is 5.82 Å². The van der Waals surface area contributed by atoms with E-state index in [9.17, 15) is 4.39 Å². The number of nitrogens with two attached hydrogens (primary N) is 1. The Hall–Kier alpha value is -1.82. The third kappa shape index (κ3) is 2.65. The number of rotatable bonds is 3. The Balaban J connectivity index is 2.33. The van der Waals surface area contributed by atoms with Crippen LogP contribution < -0.4 is 10.5 Å². The summed E-state index contributed by atoms with van der Waals surface area (Å²) < 4.78 is 18.2. The first-order chi connectivity index (χ1) is 8.20. The molecule has 0 saturated heterocycles. The fourth-order valence-corrected chi connectivity index (χ4v) is 2.04.